The fourth-order valence-electron chi connectivity index (χ4n) is 4.15. The van der Waals surface area contributed by atoms with Gasteiger partial charge in [0.1, 0.15) is 11.6 Å². The van der Waals surface area contributed by atoms with E-state index in [9.17, 15) is 14.0 Å². The van der Waals surface area contributed by atoms with Gasteiger partial charge in [-0.05, 0) is 48.7 Å². The average Bonchev–Trinajstić information content (AvgIpc) is 2.76. The Morgan fingerprint density at radius 2 is 2.15 bits per heavy atom. The van der Waals surface area contributed by atoms with Crippen molar-refractivity contribution in [1.29, 1.82) is 5.26 Å². The van der Waals surface area contributed by atoms with Crippen molar-refractivity contribution in [2.45, 2.75) is 32.2 Å². The molecule has 1 amide bonds. The van der Waals surface area contributed by atoms with Gasteiger partial charge in [-0.15, -0.1) is 0 Å². The number of anilines is 1. The molecule has 1 aliphatic heterocycles. The van der Waals surface area contributed by atoms with Gasteiger partial charge in [-0.25, -0.2) is 9.37 Å². The zero-order valence-electron chi connectivity index (χ0n) is 17.7. The Bertz CT molecular complexity index is 1350. The second kappa shape index (κ2) is 9.38. The van der Waals surface area contributed by atoms with E-state index in [0.29, 0.717) is 28.8 Å². The molecular formula is C23H20Cl2FN5O2. The lowest BCUT2D eigenvalue weighted by atomic mass is 9.93. The Morgan fingerprint density at radius 3 is 2.91 bits per heavy atom. The van der Waals surface area contributed by atoms with Gasteiger partial charge in [-0.3, -0.25) is 9.59 Å². The quantitative estimate of drug-likeness (QED) is 0.555. The molecule has 4 rings (SSSR count). The van der Waals surface area contributed by atoms with Gasteiger partial charge in [0.2, 0.25) is 5.91 Å². The van der Waals surface area contributed by atoms with E-state index >= 15 is 0 Å². The van der Waals surface area contributed by atoms with E-state index in [4.69, 9.17) is 28.5 Å². The summed E-state index contributed by atoms with van der Waals surface area (Å²) in [6.45, 7) is 2.24. The number of hydrogen-bond acceptors (Lipinski definition) is 5. The maximum absolute atomic E-state index is 14.6. The first-order valence-corrected chi connectivity index (χ1v) is 11.1. The van der Waals surface area contributed by atoms with Gasteiger partial charge in [0, 0.05) is 29.4 Å². The van der Waals surface area contributed by atoms with Gasteiger partial charge in [-0.1, -0.05) is 23.2 Å². The number of fused-ring (bicyclic) bond motifs is 2. The predicted octanol–water partition coefficient (Wildman–Crippen LogP) is 4.38. The van der Waals surface area contributed by atoms with Gasteiger partial charge < -0.3 is 15.2 Å². The van der Waals surface area contributed by atoms with Crippen LogP contribution in [0.3, 0.4) is 0 Å². The second-order valence-electron chi connectivity index (χ2n) is 7.85. The molecule has 7 nitrogen and oxygen atoms in total. The number of halogens is 3. The molecular weight excluding hydrogens is 468 g/mol. The van der Waals surface area contributed by atoms with E-state index in [1.54, 1.807) is 11.0 Å². The SMILES string of the molecule is CC1c2c(Cl)cc(Cl)cc2CCN1C(=O)CNc1cc2nc(CCC#N)[nH]c(=O)c2cc1F. The second-order valence-corrected chi connectivity index (χ2v) is 8.69. The lowest BCUT2D eigenvalue weighted by Crippen LogP contribution is -2.42. The Morgan fingerprint density at radius 1 is 1.36 bits per heavy atom. The van der Waals surface area contributed by atoms with Crippen LogP contribution in [0.2, 0.25) is 10.0 Å². The molecule has 0 saturated heterocycles. The Balaban J connectivity index is 1.53. The molecule has 0 fully saturated rings. The summed E-state index contributed by atoms with van der Waals surface area (Å²) in [7, 11) is 0. The average molecular weight is 488 g/mol. The molecule has 0 spiro atoms. The van der Waals surface area contributed by atoms with Gasteiger partial charge in [0.15, 0.2) is 0 Å². The van der Waals surface area contributed by atoms with Crippen LogP contribution < -0.4 is 10.9 Å². The number of carbonyl (C=O) groups is 1. The summed E-state index contributed by atoms with van der Waals surface area (Å²) < 4.78 is 14.6. The molecule has 0 bridgehead atoms. The number of amides is 1. The molecule has 0 aliphatic carbocycles. The summed E-state index contributed by atoms with van der Waals surface area (Å²) >= 11 is 12.5. The Hall–Kier alpha value is -3.15. The van der Waals surface area contributed by atoms with Crippen molar-refractivity contribution < 1.29 is 9.18 Å². The van der Waals surface area contributed by atoms with E-state index in [2.05, 4.69) is 15.3 Å². The molecule has 3 aromatic rings. The van der Waals surface area contributed by atoms with E-state index in [1.165, 1.54) is 6.07 Å². The molecule has 0 radical (unpaired) electrons. The Kier molecular flexibility index (Phi) is 6.54. The van der Waals surface area contributed by atoms with Crippen LogP contribution in [0.5, 0.6) is 0 Å². The standard InChI is InChI=1S/C23H20Cl2FN5O2/c1-12-22-13(7-14(24)8-16(22)25)4-6-31(12)21(32)11-28-19-10-18-15(9-17(19)26)23(33)30-20(29-18)3-2-5-27/h7-10,12,28H,2-4,6,11H2,1H3,(H,29,30,33). The van der Waals surface area contributed by atoms with Gasteiger partial charge in [0.25, 0.3) is 5.56 Å². The maximum Gasteiger partial charge on any atom is 0.258 e. The third-order valence-corrected chi connectivity index (χ3v) is 6.29. The van der Waals surface area contributed by atoms with Crippen molar-refractivity contribution >= 4 is 45.7 Å². The number of carbonyl (C=O) groups excluding carboxylic acids is 1. The van der Waals surface area contributed by atoms with Crippen LogP contribution >= 0.6 is 23.2 Å². The van der Waals surface area contributed by atoms with Crippen molar-refractivity contribution in [2.75, 3.05) is 18.4 Å². The molecule has 2 aromatic carbocycles. The van der Waals surface area contributed by atoms with E-state index in [-0.39, 0.29) is 47.9 Å². The Labute approximate surface area is 199 Å². The van der Waals surface area contributed by atoms with Crippen LogP contribution in [-0.2, 0) is 17.6 Å². The number of aromatic amines is 1. The predicted molar refractivity (Wildman–Crippen MR) is 125 cm³/mol. The van der Waals surface area contributed by atoms with Crippen LogP contribution in [0, 0.1) is 17.1 Å². The fourth-order valence-corrected chi connectivity index (χ4v) is 4.85. The molecule has 1 aromatic heterocycles. The third-order valence-electron chi connectivity index (χ3n) is 5.75. The van der Waals surface area contributed by atoms with E-state index < -0.39 is 11.4 Å². The van der Waals surface area contributed by atoms with Crippen molar-refractivity contribution in [3.8, 4) is 6.07 Å². The smallest absolute Gasteiger partial charge is 0.258 e. The topological polar surface area (TPSA) is 102 Å². The molecule has 0 saturated carbocycles. The minimum absolute atomic E-state index is 0.0649. The zero-order valence-corrected chi connectivity index (χ0v) is 19.2. The minimum atomic E-state index is -0.665. The summed E-state index contributed by atoms with van der Waals surface area (Å²) in [5.74, 6) is -0.533. The number of aryl methyl sites for hydroxylation is 1. The lowest BCUT2D eigenvalue weighted by Gasteiger charge is -2.36. The van der Waals surface area contributed by atoms with Crippen LogP contribution in [-0.4, -0.2) is 33.9 Å². The molecule has 10 heteroatoms. The van der Waals surface area contributed by atoms with Crippen molar-refractivity contribution in [2.24, 2.45) is 0 Å². The molecule has 1 unspecified atom stereocenters. The van der Waals surface area contributed by atoms with Crippen molar-refractivity contribution in [3.05, 3.63) is 67.4 Å². The molecule has 2 N–H and O–H groups in total. The van der Waals surface area contributed by atoms with E-state index in [0.717, 1.165) is 17.2 Å². The highest BCUT2D eigenvalue weighted by molar-refractivity contribution is 6.35. The number of nitrogens with zero attached hydrogens (tertiary/aromatic N) is 3. The first-order valence-electron chi connectivity index (χ1n) is 10.4. The molecule has 1 atom stereocenters. The maximum atomic E-state index is 14.6. The summed E-state index contributed by atoms with van der Waals surface area (Å²) in [6, 6.07) is 7.75. The van der Waals surface area contributed by atoms with E-state index in [1.807, 2.05) is 19.1 Å². The highest BCUT2D eigenvalue weighted by Gasteiger charge is 2.29. The highest BCUT2D eigenvalue weighted by atomic mass is 35.5. The number of nitrogens with one attached hydrogen (secondary N) is 2. The largest absolute Gasteiger partial charge is 0.374 e. The summed E-state index contributed by atoms with van der Waals surface area (Å²) in [4.78, 5) is 33.7. The van der Waals surface area contributed by atoms with Crippen LogP contribution in [0.1, 0.15) is 36.3 Å². The van der Waals surface area contributed by atoms with Gasteiger partial charge in [0.05, 0.1) is 35.2 Å². The highest BCUT2D eigenvalue weighted by Crippen LogP contribution is 2.37. The summed E-state index contributed by atoms with van der Waals surface area (Å²) in [5.41, 5.74) is 1.75. The zero-order chi connectivity index (χ0) is 23.7. The monoisotopic (exact) mass is 487 g/mol. The van der Waals surface area contributed by atoms with Crippen LogP contribution in [0.15, 0.2) is 29.1 Å². The normalized spacial score (nSPS) is 15.2. The number of H-pyrrole nitrogens is 1. The minimum Gasteiger partial charge on any atom is -0.374 e. The summed E-state index contributed by atoms with van der Waals surface area (Å²) in [5, 5.41) is 12.7. The molecule has 2 heterocycles. The molecule has 1 aliphatic rings. The van der Waals surface area contributed by atoms with Crippen LogP contribution in [0.4, 0.5) is 10.1 Å². The number of aromatic nitrogens is 2. The lowest BCUT2D eigenvalue weighted by molar-refractivity contribution is -0.131. The van der Waals surface area contributed by atoms with Crippen molar-refractivity contribution in [1.82, 2.24) is 14.9 Å². The first-order chi connectivity index (χ1) is 15.8. The van der Waals surface area contributed by atoms with Crippen molar-refractivity contribution in [3.63, 3.8) is 0 Å². The molecule has 33 heavy (non-hydrogen) atoms. The number of benzene rings is 2. The number of nitriles is 1. The number of rotatable bonds is 5. The number of hydrogen-bond donors (Lipinski definition) is 2. The van der Waals surface area contributed by atoms with Gasteiger partial charge >= 0.3 is 0 Å². The van der Waals surface area contributed by atoms with Crippen LogP contribution in [0.25, 0.3) is 10.9 Å². The first kappa shape index (κ1) is 23.0. The molecule has 170 valence electrons. The third kappa shape index (κ3) is 4.65. The van der Waals surface area contributed by atoms with Gasteiger partial charge in [-0.2, -0.15) is 5.26 Å². The fraction of sp³-hybridized carbons (Fsp3) is 0.304. The summed E-state index contributed by atoms with van der Waals surface area (Å²) in [6.07, 6.45) is 1.10.